The van der Waals surface area contributed by atoms with Crippen LogP contribution in [0.1, 0.15) is 47.0 Å². The fourth-order valence-corrected chi connectivity index (χ4v) is 3.45. The molecule has 2 heterocycles. The van der Waals surface area contributed by atoms with Gasteiger partial charge in [0.15, 0.2) is 0 Å². The summed E-state index contributed by atoms with van der Waals surface area (Å²) in [5, 5.41) is 3.44. The molecule has 0 aliphatic carbocycles. The molecule has 0 spiro atoms. The van der Waals surface area contributed by atoms with Gasteiger partial charge in [-0.15, -0.1) is 0 Å². The van der Waals surface area contributed by atoms with Crippen LogP contribution in [0.5, 0.6) is 0 Å². The second-order valence-corrected chi connectivity index (χ2v) is 6.63. The lowest BCUT2D eigenvalue weighted by Gasteiger charge is -2.43. The van der Waals surface area contributed by atoms with Crippen molar-refractivity contribution in [1.29, 1.82) is 0 Å². The van der Waals surface area contributed by atoms with Gasteiger partial charge in [-0.25, -0.2) is 0 Å². The van der Waals surface area contributed by atoms with E-state index in [2.05, 4.69) is 37.9 Å². The third-order valence-corrected chi connectivity index (χ3v) is 4.89. The van der Waals surface area contributed by atoms with Crippen molar-refractivity contribution >= 4 is 5.91 Å². The number of likely N-dealkylation sites (tertiary alicyclic amines) is 1. The van der Waals surface area contributed by atoms with Gasteiger partial charge in [-0.05, 0) is 44.9 Å². The minimum Gasteiger partial charge on any atom is -0.339 e. The van der Waals surface area contributed by atoms with Gasteiger partial charge in [0.05, 0.1) is 5.92 Å². The Balaban J connectivity index is 1.99. The Hall–Kier alpha value is -0.570. The molecule has 5 unspecified atom stereocenters. The topological polar surface area (TPSA) is 32.3 Å². The van der Waals surface area contributed by atoms with Crippen molar-refractivity contribution in [2.45, 2.75) is 59.0 Å². The van der Waals surface area contributed by atoms with Gasteiger partial charge in [-0.1, -0.05) is 13.8 Å². The number of carbonyl (C=O) groups excluding carboxylic acids is 1. The molecule has 5 atom stereocenters. The van der Waals surface area contributed by atoms with Crippen LogP contribution in [0, 0.1) is 17.8 Å². The maximum Gasteiger partial charge on any atom is 0.227 e. The quantitative estimate of drug-likeness (QED) is 0.776. The highest BCUT2D eigenvalue weighted by atomic mass is 16.2. The van der Waals surface area contributed by atoms with Gasteiger partial charge in [0.25, 0.3) is 0 Å². The lowest BCUT2D eigenvalue weighted by atomic mass is 9.84. The number of piperidine rings is 2. The van der Waals surface area contributed by atoms with E-state index in [0.717, 1.165) is 25.9 Å². The number of rotatable bonds is 1. The molecule has 0 bridgehead atoms. The Kier molecular flexibility index (Phi) is 4.31. The molecule has 0 aromatic rings. The number of nitrogens with one attached hydrogen (secondary N) is 1. The maximum atomic E-state index is 12.6. The van der Waals surface area contributed by atoms with E-state index in [1.807, 2.05) is 0 Å². The summed E-state index contributed by atoms with van der Waals surface area (Å²) in [6, 6.07) is 0.985. The molecule has 0 aromatic carbocycles. The van der Waals surface area contributed by atoms with Gasteiger partial charge in [0.1, 0.15) is 0 Å². The molecule has 3 heteroatoms. The first-order chi connectivity index (χ1) is 8.49. The normalized spacial score (nSPS) is 41.8. The predicted molar refractivity (Wildman–Crippen MR) is 74.3 cm³/mol. The zero-order valence-corrected chi connectivity index (χ0v) is 12.3. The van der Waals surface area contributed by atoms with E-state index < -0.39 is 0 Å². The first-order valence-corrected chi connectivity index (χ1v) is 7.53. The Morgan fingerprint density at radius 3 is 2.50 bits per heavy atom. The summed E-state index contributed by atoms with van der Waals surface area (Å²) >= 11 is 0. The van der Waals surface area contributed by atoms with Gasteiger partial charge in [-0.2, -0.15) is 0 Å². The fourth-order valence-electron chi connectivity index (χ4n) is 3.45. The number of amides is 1. The number of nitrogens with zero attached hydrogens (tertiary/aromatic N) is 1. The molecule has 1 N–H and O–H groups in total. The van der Waals surface area contributed by atoms with Crippen LogP contribution in [0.4, 0.5) is 0 Å². The summed E-state index contributed by atoms with van der Waals surface area (Å²) in [5.41, 5.74) is 0. The Labute approximate surface area is 111 Å². The van der Waals surface area contributed by atoms with Crippen molar-refractivity contribution in [2.24, 2.45) is 17.8 Å². The van der Waals surface area contributed by atoms with Crippen LogP contribution in [0.15, 0.2) is 0 Å². The minimum absolute atomic E-state index is 0.209. The molecule has 104 valence electrons. The summed E-state index contributed by atoms with van der Waals surface area (Å²) in [6.07, 6.45) is 3.44. The summed E-state index contributed by atoms with van der Waals surface area (Å²) in [5.74, 6) is 1.88. The standard InChI is InChI=1S/C15H28N2O/c1-10-7-11(2)13(4)17(9-10)15(18)14-6-5-12(3)16-8-14/h10-14,16H,5-9H2,1-4H3. The van der Waals surface area contributed by atoms with Crippen LogP contribution in [0.25, 0.3) is 0 Å². The zero-order chi connectivity index (χ0) is 13.3. The summed E-state index contributed by atoms with van der Waals surface area (Å²) in [4.78, 5) is 14.8. The third kappa shape index (κ3) is 2.87. The van der Waals surface area contributed by atoms with E-state index >= 15 is 0 Å². The first-order valence-electron chi connectivity index (χ1n) is 7.53. The van der Waals surface area contributed by atoms with E-state index in [1.165, 1.54) is 6.42 Å². The smallest absolute Gasteiger partial charge is 0.227 e. The number of hydrogen-bond acceptors (Lipinski definition) is 2. The van der Waals surface area contributed by atoms with Crippen molar-refractivity contribution in [3.8, 4) is 0 Å². The average Bonchev–Trinajstić information content (AvgIpc) is 2.34. The van der Waals surface area contributed by atoms with Crippen LogP contribution in [-0.4, -0.2) is 36.0 Å². The van der Waals surface area contributed by atoms with E-state index in [4.69, 9.17) is 0 Å². The fraction of sp³-hybridized carbons (Fsp3) is 0.933. The SMILES string of the molecule is CC1CC(C)C(C)N(C(=O)C2CCC(C)NC2)C1. The van der Waals surface area contributed by atoms with Crippen molar-refractivity contribution in [3.63, 3.8) is 0 Å². The van der Waals surface area contributed by atoms with Gasteiger partial charge in [0.2, 0.25) is 5.91 Å². The van der Waals surface area contributed by atoms with Crippen LogP contribution < -0.4 is 5.32 Å². The van der Waals surface area contributed by atoms with E-state index in [1.54, 1.807) is 0 Å². The van der Waals surface area contributed by atoms with Gasteiger partial charge >= 0.3 is 0 Å². The molecule has 2 aliphatic rings. The maximum absolute atomic E-state index is 12.6. The van der Waals surface area contributed by atoms with E-state index in [-0.39, 0.29) is 5.92 Å². The molecule has 2 rings (SSSR count). The highest BCUT2D eigenvalue weighted by Crippen LogP contribution is 2.29. The average molecular weight is 252 g/mol. The monoisotopic (exact) mass is 252 g/mol. The molecular formula is C15H28N2O. The van der Waals surface area contributed by atoms with Crippen molar-refractivity contribution in [3.05, 3.63) is 0 Å². The van der Waals surface area contributed by atoms with E-state index in [0.29, 0.717) is 29.8 Å². The van der Waals surface area contributed by atoms with Crippen LogP contribution in [-0.2, 0) is 4.79 Å². The molecule has 1 amide bonds. The van der Waals surface area contributed by atoms with Gasteiger partial charge in [0, 0.05) is 25.2 Å². The Bertz CT molecular complexity index is 297. The van der Waals surface area contributed by atoms with Crippen molar-refractivity contribution < 1.29 is 4.79 Å². The second-order valence-electron chi connectivity index (χ2n) is 6.63. The molecule has 0 radical (unpaired) electrons. The first kappa shape index (κ1) is 13.9. The second kappa shape index (κ2) is 5.60. The zero-order valence-electron chi connectivity index (χ0n) is 12.3. The molecule has 2 fully saturated rings. The lowest BCUT2D eigenvalue weighted by molar-refractivity contribution is -0.142. The number of hydrogen-bond donors (Lipinski definition) is 1. The highest BCUT2D eigenvalue weighted by Gasteiger charge is 2.35. The predicted octanol–water partition coefficient (Wildman–Crippen LogP) is 2.27. The lowest BCUT2D eigenvalue weighted by Crippen LogP contribution is -2.53. The molecule has 2 saturated heterocycles. The van der Waals surface area contributed by atoms with E-state index in [9.17, 15) is 4.79 Å². The van der Waals surface area contributed by atoms with Crippen molar-refractivity contribution in [2.75, 3.05) is 13.1 Å². The number of carbonyl (C=O) groups is 1. The molecule has 0 saturated carbocycles. The molecule has 18 heavy (non-hydrogen) atoms. The van der Waals surface area contributed by atoms with Crippen LogP contribution in [0.3, 0.4) is 0 Å². The molecule has 2 aliphatic heterocycles. The molecule has 0 aromatic heterocycles. The van der Waals surface area contributed by atoms with Gasteiger partial charge in [-0.3, -0.25) is 4.79 Å². The summed E-state index contributed by atoms with van der Waals surface area (Å²) < 4.78 is 0. The van der Waals surface area contributed by atoms with Crippen LogP contribution >= 0.6 is 0 Å². The summed E-state index contributed by atoms with van der Waals surface area (Å²) in [7, 11) is 0. The van der Waals surface area contributed by atoms with Gasteiger partial charge < -0.3 is 10.2 Å². The molecular weight excluding hydrogens is 224 g/mol. The Morgan fingerprint density at radius 1 is 1.17 bits per heavy atom. The van der Waals surface area contributed by atoms with Crippen LogP contribution in [0.2, 0.25) is 0 Å². The van der Waals surface area contributed by atoms with Crippen molar-refractivity contribution in [1.82, 2.24) is 10.2 Å². The highest BCUT2D eigenvalue weighted by molar-refractivity contribution is 5.79. The minimum atomic E-state index is 0.209. The Morgan fingerprint density at radius 2 is 1.89 bits per heavy atom. The molecule has 3 nitrogen and oxygen atoms in total. The third-order valence-electron chi connectivity index (χ3n) is 4.89. The largest absolute Gasteiger partial charge is 0.339 e. The summed E-state index contributed by atoms with van der Waals surface area (Å²) in [6.45, 7) is 10.8.